The van der Waals surface area contributed by atoms with Crippen molar-refractivity contribution in [2.45, 2.75) is 19.1 Å². The molecule has 1 aromatic heterocycles. The van der Waals surface area contributed by atoms with Crippen LogP contribution in [0, 0.1) is 6.92 Å². The Labute approximate surface area is 128 Å². The maximum Gasteiger partial charge on any atom is 0.416 e. The Bertz CT molecular complexity index is 673. The number of aliphatic hydroxyl groups is 1. The fourth-order valence-electron chi connectivity index (χ4n) is 1.89. The summed E-state index contributed by atoms with van der Waals surface area (Å²) in [6.07, 6.45) is -4.58. The highest BCUT2D eigenvalue weighted by atomic mass is 32.1. The van der Waals surface area contributed by atoms with Gasteiger partial charge in [0.25, 0.3) is 5.91 Å². The van der Waals surface area contributed by atoms with Gasteiger partial charge < -0.3 is 10.4 Å². The van der Waals surface area contributed by atoms with Gasteiger partial charge in [-0.25, -0.2) is 4.98 Å². The van der Waals surface area contributed by atoms with E-state index >= 15 is 0 Å². The summed E-state index contributed by atoms with van der Waals surface area (Å²) in [7, 11) is 0. The molecule has 0 radical (unpaired) electrons. The molecule has 1 aromatic carbocycles. The molecule has 0 spiro atoms. The normalized spacial score (nSPS) is 13.0. The van der Waals surface area contributed by atoms with Gasteiger partial charge in [-0.2, -0.15) is 17.5 Å². The van der Waals surface area contributed by atoms with E-state index in [1.807, 2.05) is 0 Å². The molecule has 2 N–H and O–H groups in total. The number of halogens is 3. The minimum atomic E-state index is -4.58. The number of aliphatic hydroxyl groups excluding tert-OH is 1. The van der Waals surface area contributed by atoms with E-state index in [9.17, 15) is 23.1 Å². The number of nitrogens with zero attached hydrogens (tertiary/aromatic N) is 2. The summed E-state index contributed by atoms with van der Waals surface area (Å²) in [6, 6.07) is 3.59. The van der Waals surface area contributed by atoms with Crippen LogP contribution in [0.1, 0.15) is 32.8 Å². The van der Waals surface area contributed by atoms with Gasteiger partial charge in [-0.3, -0.25) is 4.79 Å². The smallest absolute Gasteiger partial charge is 0.394 e. The van der Waals surface area contributed by atoms with Crippen LogP contribution in [0.25, 0.3) is 0 Å². The molecule has 0 aliphatic heterocycles. The maximum atomic E-state index is 13.0. The molecule has 0 bridgehead atoms. The lowest BCUT2D eigenvalue weighted by Gasteiger charge is -2.20. The van der Waals surface area contributed by atoms with Crippen molar-refractivity contribution in [2.24, 2.45) is 0 Å². The van der Waals surface area contributed by atoms with Crippen molar-refractivity contribution in [1.82, 2.24) is 14.7 Å². The highest BCUT2D eigenvalue weighted by Crippen LogP contribution is 2.34. The topological polar surface area (TPSA) is 75.1 Å². The number of carbonyl (C=O) groups excluding carboxylic acids is 1. The Morgan fingerprint density at radius 1 is 1.41 bits per heavy atom. The van der Waals surface area contributed by atoms with Gasteiger partial charge in [0.2, 0.25) is 5.01 Å². The second kappa shape index (κ2) is 6.41. The zero-order valence-electron chi connectivity index (χ0n) is 11.4. The Morgan fingerprint density at radius 3 is 2.64 bits per heavy atom. The van der Waals surface area contributed by atoms with Crippen LogP contribution in [0.5, 0.6) is 0 Å². The molecular weight excluding hydrogens is 319 g/mol. The molecule has 0 aliphatic carbocycles. The zero-order valence-corrected chi connectivity index (χ0v) is 12.2. The van der Waals surface area contributed by atoms with Crippen molar-refractivity contribution in [2.75, 3.05) is 6.61 Å². The van der Waals surface area contributed by atoms with E-state index in [4.69, 9.17) is 0 Å². The van der Waals surface area contributed by atoms with E-state index in [-0.39, 0.29) is 10.6 Å². The number of carbonyl (C=O) groups is 1. The molecule has 2 aromatic rings. The standard InChI is InChI=1S/C13H12F3N3O2S/c1-7-17-12(22-19-7)11(21)18-10(6-20)8-4-2-3-5-9(8)13(14,15)16/h2-5,10,20H,6H2,1H3,(H,18,21). The summed E-state index contributed by atoms with van der Waals surface area (Å²) in [6.45, 7) is 0.923. The Hall–Kier alpha value is -2.00. The molecule has 9 heteroatoms. The summed E-state index contributed by atoms with van der Waals surface area (Å²) >= 11 is 0.838. The lowest BCUT2D eigenvalue weighted by molar-refractivity contribution is -0.138. The van der Waals surface area contributed by atoms with Crippen LogP contribution < -0.4 is 5.32 Å². The first-order valence-electron chi connectivity index (χ1n) is 6.21. The second-order valence-corrected chi connectivity index (χ2v) is 5.19. The number of hydrogen-bond donors (Lipinski definition) is 2. The van der Waals surface area contributed by atoms with Crippen molar-refractivity contribution in [3.05, 3.63) is 46.2 Å². The van der Waals surface area contributed by atoms with Crippen molar-refractivity contribution in [3.8, 4) is 0 Å². The SMILES string of the molecule is Cc1nsc(C(=O)NC(CO)c2ccccc2C(F)(F)F)n1. The first-order valence-corrected chi connectivity index (χ1v) is 6.98. The Balaban J connectivity index is 2.28. The highest BCUT2D eigenvalue weighted by Gasteiger charge is 2.35. The number of aryl methyl sites for hydroxylation is 1. The van der Waals surface area contributed by atoms with E-state index < -0.39 is 30.3 Å². The van der Waals surface area contributed by atoms with Crippen molar-refractivity contribution < 1.29 is 23.1 Å². The van der Waals surface area contributed by atoms with Gasteiger partial charge >= 0.3 is 6.18 Å². The Morgan fingerprint density at radius 2 is 2.09 bits per heavy atom. The molecule has 22 heavy (non-hydrogen) atoms. The number of hydrogen-bond acceptors (Lipinski definition) is 5. The summed E-state index contributed by atoms with van der Waals surface area (Å²) in [5.74, 6) is -0.284. The van der Waals surface area contributed by atoms with Gasteiger partial charge in [0, 0.05) is 0 Å². The Kier molecular flexibility index (Phi) is 4.77. The number of rotatable bonds is 4. The number of aromatic nitrogens is 2. The third kappa shape index (κ3) is 3.60. The molecule has 0 aliphatic rings. The molecule has 1 heterocycles. The fourth-order valence-corrected chi connectivity index (χ4v) is 2.46. The summed E-state index contributed by atoms with van der Waals surface area (Å²) < 4.78 is 42.8. The molecule has 118 valence electrons. The van der Waals surface area contributed by atoms with E-state index in [2.05, 4.69) is 14.7 Å². The van der Waals surface area contributed by atoms with Crippen LogP contribution in [0.3, 0.4) is 0 Å². The van der Waals surface area contributed by atoms with Gasteiger partial charge in [0.1, 0.15) is 5.82 Å². The lowest BCUT2D eigenvalue weighted by atomic mass is 10.0. The van der Waals surface area contributed by atoms with Gasteiger partial charge in [-0.15, -0.1) is 0 Å². The van der Waals surface area contributed by atoms with Crippen molar-refractivity contribution in [1.29, 1.82) is 0 Å². The molecule has 0 saturated heterocycles. The fraction of sp³-hybridized carbons (Fsp3) is 0.308. The first-order chi connectivity index (χ1) is 10.3. The maximum absolute atomic E-state index is 13.0. The molecular formula is C13H12F3N3O2S. The summed E-state index contributed by atoms with van der Waals surface area (Å²) in [4.78, 5) is 15.8. The summed E-state index contributed by atoms with van der Waals surface area (Å²) in [5.41, 5.74) is -1.10. The summed E-state index contributed by atoms with van der Waals surface area (Å²) in [5, 5.41) is 11.7. The van der Waals surface area contributed by atoms with Crippen LogP contribution in [-0.2, 0) is 6.18 Å². The van der Waals surface area contributed by atoms with Crippen LogP contribution in [0.2, 0.25) is 0 Å². The van der Waals surface area contributed by atoms with Gasteiger partial charge in [-0.1, -0.05) is 18.2 Å². The third-order valence-electron chi connectivity index (χ3n) is 2.85. The predicted molar refractivity (Wildman–Crippen MR) is 73.4 cm³/mol. The van der Waals surface area contributed by atoms with Gasteiger partial charge in [0.05, 0.1) is 18.2 Å². The van der Waals surface area contributed by atoms with E-state index in [1.165, 1.54) is 18.2 Å². The van der Waals surface area contributed by atoms with Crippen LogP contribution in [0.15, 0.2) is 24.3 Å². The first kappa shape index (κ1) is 16.4. The van der Waals surface area contributed by atoms with Crippen molar-refractivity contribution in [3.63, 3.8) is 0 Å². The number of alkyl halides is 3. The third-order valence-corrected chi connectivity index (χ3v) is 3.66. The monoisotopic (exact) mass is 331 g/mol. The molecule has 0 fully saturated rings. The van der Waals surface area contributed by atoms with E-state index in [1.54, 1.807) is 6.92 Å². The van der Waals surface area contributed by atoms with Gasteiger partial charge in [-0.05, 0) is 30.1 Å². The van der Waals surface area contributed by atoms with Crippen molar-refractivity contribution >= 4 is 17.4 Å². The minimum Gasteiger partial charge on any atom is -0.394 e. The molecule has 5 nitrogen and oxygen atoms in total. The van der Waals surface area contributed by atoms with Crippen LogP contribution in [0.4, 0.5) is 13.2 Å². The zero-order chi connectivity index (χ0) is 16.3. The number of amides is 1. The lowest BCUT2D eigenvalue weighted by Crippen LogP contribution is -2.32. The molecule has 2 rings (SSSR count). The second-order valence-electron chi connectivity index (χ2n) is 4.44. The van der Waals surface area contributed by atoms with Gasteiger partial charge in [0.15, 0.2) is 0 Å². The molecule has 1 unspecified atom stereocenters. The number of nitrogens with one attached hydrogen (secondary N) is 1. The number of benzene rings is 1. The van der Waals surface area contributed by atoms with Crippen LogP contribution >= 0.6 is 11.5 Å². The quantitative estimate of drug-likeness (QED) is 0.902. The molecule has 1 atom stereocenters. The average Bonchev–Trinajstić information content (AvgIpc) is 2.90. The van der Waals surface area contributed by atoms with Crippen LogP contribution in [-0.4, -0.2) is 27.0 Å². The average molecular weight is 331 g/mol. The van der Waals surface area contributed by atoms with E-state index in [0.29, 0.717) is 5.82 Å². The molecule has 1 amide bonds. The van der Waals surface area contributed by atoms with E-state index in [0.717, 1.165) is 17.6 Å². The molecule has 0 saturated carbocycles. The highest BCUT2D eigenvalue weighted by molar-refractivity contribution is 7.07. The largest absolute Gasteiger partial charge is 0.416 e. The minimum absolute atomic E-state index is 0.0282. The predicted octanol–water partition coefficient (Wildman–Crippen LogP) is 2.33.